The SMILES string of the molecule is CCN(CC)S(=O)(=O)c1ccc2c(c1)nc(CCC(=O)NCc1nc(C)cs1)n2C. The number of thiazole rings is 1. The van der Waals surface area contributed by atoms with Gasteiger partial charge in [-0.25, -0.2) is 18.4 Å². The topological polar surface area (TPSA) is 97.2 Å². The Kier molecular flexibility index (Phi) is 6.89. The number of rotatable bonds is 9. The number of fused-ring (bicyclic) bond motifs is 1. The molecule has 3 rings (SSSR count). The summed E-state index contributed by atoms with van der Waals surface area (Å²) in [6, 6.07) is 4.99. The predicted octanol–water partition coefficient (Wildman–Crippen LogP) is 2.62. The molecule has 0 aliphatic carbocycles. The highest BCUT2D eigenvalue weighted by molar-refractivity contribution is 7.89. The lowest BCUT2D eigenvalue weighted by molar-refractivity contribution is -0.121. The fraction of sp³-hybridized carbons (Fsp3) is 0.450. The van der Waals surface area contributed by atoms with Gasteiger partial charge in [0, 0.05) is 44.1 Å². The zero-order valence-electron chi connectivity index (χ0n) is 17.7. The molecule has 0 aliphatic rings. The van der Waals surface area contributed by atoms with E-state index in [1.165, 1.54) is 15.6 Å². The molecule has 1 aromatic carbocycles. The summed E-state index contributed by atoms with van der Waals surface area (Å²) in [6.45, 7) is 6.82. The first-order valence-electron chi connectivity index (χ1n) is 9.89. The third kappa shape index (κ3) is 4.71. The highest BCUT2D eigenvalue weighted by Gasteiger charge is 2.22. The van der Waals surface area contributed by atoms with Crippen molar-refractivity contribution in [3.05, 3.63) is 40.1 Å². The summed E-state index contributed by atoms with van der Waals surface area (Å²) < 4.78 is 28.9. The number of sulfonamides is 1. The quantitative estimate of drug-likeness (QED) is 0.542. The van der Waals surface area contributed by atoms with Gasteiger partial charge >= 0.3 is 0 Å². The fourth-order valence-corrected chi connectivity index (χ4v) is 5.49. The smallest absolute Gasteiger partial charge is 0.243 e. The Bertz CT molecular complexity index is 1150. The predicted molar refractivity (Wildman–Crippen MR) is 118 cm³/mol. The first kappa shape index (κ1) is 22.4. The third-order valence-corrected chi connectivity index (χ3v) is 7.98. The van der Waals surface area contributed by atoms with Gasteiger partial charge in [-0.15, -0.1) is 11.3 Å². The van der Waals surface area contributed by atoms with E-state index in [0.29, 0.717) is 38.0 Å². The molecule has 0 fully saturated rings. The highest BCUT2D eigenvalue weighted by Crippen LogP contribution is 2.22. The molecule has 0 bridgehead atoms. The molecule has 3 aromatic rings. The van der Waals surface area contributed by atoms with Crippen molar-refractivity contribution in [2.24, 2.45) is 7.05 Å². The van der Waals surface area contributed by atoms with Crippen LogP contribution in [0.1, 0.15) is 36.8 Å². The molecule has 8 nitrogen and oxygen atoms in total. The summed E-state index contributed by atoms with van der Waals surface area (Å²) in [6.07, 6.45) is 0.762. The molecule has 2 aromatic heterocycles. The molecular weight excluding hydrogens is 422 g/mol. The van der Waals surface area contributed by atoms with Crippen LogP contribution in [0.3, 0.4) is 0 Å². The Morgan fingerprint density at radius 2 is 1.97 bits per heavy atom. The fourth-order valence-electron chi connectivity index (χ4n) is 3.30. The number of amides is 1. The summed E-state index contributed by atoms with van der Waals surface area (Å²) in [5.41, 5.74) is 2.40. The highest BCUT2D eigenvalue weighted by atomic mass is 32.2. The average Bonchev–Trinajstić information content (AvgIpc) is 3.28. The van der Waals surface area contributed by atoms with Crippen molar-refractivity contribution in [1.29, 1.82) is 0 Å². The van der Waals surface area contributed by atoms with Crippen LogP contribution in [-0.2, 0) is 34.8 Å². The van der Waals surface area contributed by atoms with Gasteiger partial charge in [0.05, 0.1) is 22.5 Å². The Morgan fingerprint density at radius 3 is 2.60 bits per heavy atom. The van der Waals surface area contributed by atoms with Crippen molar-refractivity contribution in [3.8, 4) is 0 Å². The third-order valence-electron chi connectivity index (χ3n) is 4.97. The van der Waals surface area contributed by atoms with Gasteiger partial charge in [-0.1, -0.05) is 13.8 Å². The van der Waals surface area contributed by atoms with Gasteiger partial charge in [0.1, 0.15) is 10.8 Å². The monoisotopic (exact) mass is 449 g/mol. The standard InChI is InChI=1S/C20H27N5O3S2/c1-5-25(6-2)30(27,28)15-7-8-17-16(11-15)23-18(24(17)4)9-10-19(26)21-12-20-22-14(3)13-29-20/h7-8,11,13H,5-6,9-10,12H2,1-4H3,(H,21,26). The maximum absolute atomic E-state index is 12.8. The molecule has 10 heteroatoms. The number of hydrogen-bond acceptors (Lipinski definition) is 6. The van der Waals surface area contributed by atoms with E-state index in [1.807, 2.05) is 37.8 Å². The van der Waals surface area contributed by atoms with Crippen LogP contribution in [0, 0.1) is 6.92 Å². The minimum Gasteiger partial charge on any atom is -0.350 e. The summed E-state index contributed by atoms with van der Waals surface area (Å²) >= 11 is 1.52. The number of benzene rings is 1. The van der Waals surface area contributed by atoms with Crippen molar-refractivity contribution in [2.45, 2.75) is 45.1 Å². The number of nitrogens with zero attached hydrogens (tertiary/aromatic N) is 4. The first-order valence-corrected chi connectivity index (χ1v) is 12.2. The van der Waals surface area contributed by atoms with Crippen LogP contribution in [0.15, 0.2) is 28.5 Å². The van der Waals surface area contributed by atoms with E-state index in [0.717, 1.165) is 22.0 Å². The molecule has 0 aliphatic heterocycles. The lowest BCUT2D eigenvalue weighted by Crippen LogP contribution is -2.30. The van der Waals surface area contributed by atoms with Crippen LogP contribution < -0.4 is 5.32 Å². The normalized spacial score (nSPS) is 12.0. The minimum atomic E-state index is -3.54. The van der Waals surface area contributed by atoms with Crippen LogP contribution in [0.2, 0.25) is 0 Å². The average molecular weight is 450 g/mol. The Balaban J connectivity index is 1.71. The van der Waals surface area contributed by atoms with Crippen LogP contribution >= 0.6 is 11.3 Å². The van der Waals surface area contributed by atoms with E-state index in [-0.39, 0.29) is 10.8 Å². The Morgan fingerprint density at radius 1 is 1.23 bits per heavy atom. The molecule has 0 spiro atoms. The Hall–Kier alpha value is -2.30. The van der Waals surface area contributed by atoms with E-state index in [1.54, 1.807) is 18.2 Å². The van der Waals surface area contributed by atoms with Gasteiger partial charge < -0.3 is 9.88 Å². The molecule has 0 saturated carbocycles. The molecule has 1 N–H and O–H groups in total. The maximum Gasteiger partial charge on any atom is 0.243 e. The van der Waals surface area contributed by atoms with Crippen LogP contribution in [-0.4, -0.2) is 46.3 Å². The lowest BCUT2D eigenvalue weighted by atomic mass is 10.3. The summed E-state index contributed by atoms with van der Waals surface area (Å²) in [5.74, 6) is 0.669. The van der Waals surface area contributed by atoms with E-state index in [2.05, 4.69) is 15.3 Å². The van der Waals surface area contributed by atoms with Crippen molar-refractivity contribution in [1.82, 2.24) is 24.2 Å². The van der Waals surface area contributed by atoms with Crippen LogP contribution in [0.25, 0.3) is 11.0 Å². The summed E-state index contributed by atoms with van der Waals surface area (Å²) in [5, 5.41) is 5.71. The van der Waals surface area contributed by atoms with E-state index in [9.17, 15) is 13.2 Å². The second kappa shape index (κ2) is 9.23. The minimum absolute atomic E-state index is 0.0697. The van der Waals surface area contributed by atoms with Gasteiger partial charge in [-0.05, 0) is 25.1 Å². The van der Waals surface area contributed by atoms with Crippen molar-refractivity contribution >= 4 is 38.3 Å². The number of hydrogen-bond donors (Lipinski definition) is 1. The number of imidazole rings is 1. The van der Waals surface area contributed by atoms with Crippen LogP contribution in [0.5, 0.6) is 0 Å². The van der Waals surface area contributed by atoms with E-state index < -0.39 is 10.0 Å². The number of aryl methyl sites for hydroxylation is 3. The van der Waals surface area contributed by atoms with E-state index >= 15 is 0 Å². The number of carbonyl (C=O) groups is 1. The zero-order valence-corrected chi connectivity index (χ0v) is 19.3. The second-order valence-electron chi connectivity index (χ2n) is 6.99. The molecule has 2 heterocycles. The van der Waals surface area contributed by atoms with E-state index in [4.69, 9.17) is 0 Å². The molecule has 0 saturated heterocycles. The van der Waals surface area contributed by atoms with Gasteiger partial charge in [-0.3, -0.25) is 4.79 Å². The maximum atomic E-state index is 12.8. The van der Waals surface area contributed by atoms with Gasteiger partial charge in [0.2, 0.25) is 15.9 Å². The van der Waals surface area contributed by atoms with Gasteiger partial charge in [0.25, 0.3) is 0 Å². The molecule has 0 unspecified atom stereocenters. The molecule has 0 atom stereocenters. The molecule has 162 valence electrons. The first-order chi connectivity index (χ1) is 14.3. The molecule has 1 amide bonds. The zero-order chi connectivity index (χ0) is 21.9. The Labute approximate surface area is 181 Å². The van der Waals surface area contributed by atoms with Gasteiger partial charge in [0.15, 0.2) is 0 Å². The summed E-state index contributed by atoms with van der Waals surface area (Å²) in [7, 11) is -1.66. The lowest BCUT2D eigenvalue weighted by Gasteiger charge is -2.18. The van der Waals surface area contributed by atoms with Gasteiger partial charge in [-0.2, -0.15) is 4.31 Å². The largest absolute Gasteiger partial charge is 0.350 e. The number of aromatic nitrogens is 3. The number of nitrogens with one attached hydrogen (secondary N) is 1. The van der Waals surface area contributed by atoms with Crippen molar-refractivity contribution in [3.63, 3.8) is 0 Å². The van der Waals surface area contributed by atoms with Crippen molar-refractivity contribution < 1.29 is 13.2 Å². The molecule has 0 radical (unpaired) electrons. The second-order valence-corrected chi connectivity index (χ2v) is 9.87. The van der Waals surface area contributed by atoms with Crippen LogP contribution in [0.4, 0.5) is 0 Å². The van der Waals surface area contributed by atoms with Crippen molar-refractivity contribution in [2.75, 3.05) is 13.1 Å². The molecule has 30 heavy (non-hydrogen) atoms. The summed E-state index contributed by atoms with van der Waals surface area (Å²) in [4.78, 5) is 21.3. The number of carbonyl (C=O) groups excluding carboxylic acids is 1. The molecular formula is C20H27N5O3S2.